The van der Waals surface area contributed by atoms with E-state index < -0.39 is 0 Å². The van der Waals surface area contributed by atoms with Crippen LogP contribution < -0.4 is 5.32 Å². The van der Waals surface area contributed by atoms with Gasteiger partial charge >= 0.3 is 5.69 Å². The summed E-state index contributed by atoms with van der Waals surface area (Å²) in [7, 11) is 1.78. The van der Waals surface area contributed by atoms with Crippen molar-refractivity contribution in [3.63, 3.8) is 0 Å². The molecule has 1 aliphatic carbocycles. The molecule has 0 unspecified atom stereocenters. The number of nitrogens with one attached hydrogen (secondary N) is 1. The van der Waals surface area contributed by atoms with Gasteiger partial charge in [0.15, 0.2) is 0 Å². The van der Waals surface area contributed by atoms with Crippen LogP contribution in [0.15, 0.2) is 0 Å². The van der Waals surface area contributed by atoms with Gasteiger partial charge in [-0.3, -0.25) is 10.1 Å². The molecule has 1 aliphatic rings. The lowest BCUT2D eigenvalue weighted by Gasteiger charge is -2.23. The second-order valence-corrected chi connectivity index (χ2v) is 5.25. The van der Waals surface area contributed by atoms with E-state index in [1.165, 1.54) is 19.3 Å². The van der Waals surface area contributed by atoms with Crippen LogP contribution in [0.1, 0.15) is 51.1 Å². The molecule has 1 aromatic heterocycles. The van der Waals surface area contributed by atoms with Crippen LogP contribution in [-0.4, -0.2) is 20.7 Å². The zero-order valence-electron chi connectivity index (χ0n) is 11.7. The monoisotopic (exact) mass is 266 g/mol. The maximum atomic E-state index is 11.3. The van der Waals surface area contributed by atoms with Gasteiger partial charge in [-0.1, -0.05) is 32.6 Å². The lowest BCUT2D eigenvalue weighted by molar-refractivity contribution is -0.384. The third kappa shape index (κ3) is 3.05. The molecule has 0 radical (unpaired) electrons. The zero-order chi connectivity index (χ0) is 13.8. The molecule has 19 heavy (non-hydrogen) atoms. The number of hydrogen-bond donors (Lipinski definition) is 1. The molecule has 0 spiro atoms. The SMILES string of the molecule is CCCc1nn(C)c(NC2CCCCC2)c1[N+](=O)[O-]. The van der Waals surface area contributed by atoms with E-state index in [2.05, 4.69) is 10.4 Å². The molecule has 0 aliphatic heterocycles. The molecule has 0 bridgehead atoms. The lowest BCUT2D eigenvalue weighted by atomic mass is 9.95. The third-order valence-corrected chi connectivity index (χ3v) is 3.71. The van der Waals surface area contributed by atoms with Crippen LogP contribution in [0, 0.1) is 10.1 Å². The number of rotatable bonds is 5. The molecule has 2 rings (SSSR count). The number of nitrogens with zero attached hydrogens (tertiary/aromatic N) is 3. The van der Waals surface area contributed by atoms with E-state index in [1.54, 1.807) is 11.7 Å². The number of anilines is 1. The van der Waals surface area contributed by atoms with Crippen molar-refractivity contribution in [2.24, 2.45) is 7.05 Å². The highest BCUT2D eigenvalue weighted by molar-refractivity contribution is 5.60. The summed E-state index contributed by atoms with van der Waals surface area (Å²) < 4.78 is 1.62. The molecule has 0 aromatic carbocycles. The Labute approximate surface area is 113 Å². The summed E-state index contributed by atoms with van der Waals surface area (Å²) in [5.74, 6) is 0.570. The van der Waals surface area contributed by atoms with Crippen LogP contribution in [0.5, 0.6) is 0 Å². The Balaban J connectivity index is 2.24. The second-order valence-electron chi connectivity index (χ2n) is 5.25. The number of hydrogen-bond acceptors (Lipinski definition) is 4. The average Bonchev–Trinajstić information content (AvgIpc) is 2.68. The maximum absolute atomic E-state index is 11.3. The van der Waals surface area contributed by atoms with Crippen molar-refractivity contribution in [1.29, 1.82) is 0 Å². The summed E-state index contributed by atoms with van der Waals surface area (Å²) in [6, 6.07) is 0.345. The van der Waals surface area contributed by atoms with Crippen LogP contribution >= 0.6 is 0 Å². The predicted octanol–water partition coefficient (Wildman–Crippen LogP) is 3.03. The molecule has 0 atom stereocenters. The Morgan fingerprint density at radius 3 is 2.68 bits per heavy atom. The first-order chi connectivity index (χ1) is 9.13. The Morgan fingerprint density at radius 1 is 1.42 bits per heavy atom. The summed E-state index contributed by atoms with van der Waals surface area (Å²) in [4.78, 5) is 11.0. The largest absolute Gasteiger partial charge is 0.362 e. The van der Waals surface area contributed by atoms with E-state index in [0.29, 0.717) is 24.0 Å². The molecule has 0 amide bonds. The molecular formula is C13H22N4O2. The molecule has 1 N–H and O–H groups in total. The van der Waals surface area contributed by atoms with Gasteiger partial charge < -0.3 is 5.32 Å². The highest BCUT2D eigenvalue weighted by Crippen LogP contribution is 2.31. The Bertz CT molecular complexity index is 450. The molecule has 106 valence electrons. The molecular weight excluding hydrogens is 244 g/mol. The standard InChI is InChI=1S/C13H22N4O2/c1-3-7-11-12(17(18)19)13(16(2)15-11)14-10-8-5-4-6-9-10/h10,14H,3-9H2,1-2H3. The van der Waals surface area contributed by atoms with E-state index in [1.807, 2.05) is 6.92 Å². The van der Waals surface area contributed by atoms with Gasteiger partial charge in [0.2, 0.25) is 5.82 Å². The van der Waals surface area contributed by atoms with Crippen molar-refractivity contribution in [2.75, 3.05) is 5.32 Å². The summed E-state index contributed by atoms with van der Waals surface area (Å²) >= 11 is 0. The minimum atomic E-state index is -0.302. The molecule has 1 heterocycles. The van der Waals surface area contributed by atoms with E-state index >= 15 is 0 Å². The van der Waals surface area contributed by atoms with E-state index in [-0.39, 0.29) is 10.6 Å². The normalized spacial score (nSPS) is 16.5. The first-order valence-corrected chi connectivity index (χ1v) is 7.10. The predicted molar refractivity (Wildman–Crippen MR) is 74.4 cm³/mol. The van der Waals surface area contributed by atoms with Gasteiger partial charge in [-0.2, -0.15) is 5.10 Å². The van der Waals surface area contributed by atoms with E-state index in [0.717, 1.165) is 19.3 Å². The zero-order valence-corrected chi connectivity index (χ0v) is 11.7. The topological polar surface area (TPSA) is 73.0 Å². The number of nitro groups is 1. The summed E-state index contributed by atoms with van der Waals surface area (Å²) in [5.41, 5.74) is 0.753. The van der Waals surface area contributed by atoms with Gasteiger partial charge in [-0.05, 0) is 19.3 Å². The Hall–Kier alpha value is -1.59. The van der Waals surface area contributed by atoms with Gasteiger partial charge in [0.25, 0.3) is 0 Å². The summed E-state index contributed by atoms with van der Waals surface area (Å²) in [5, 5.41) is 18.9. The van der Waals surface area contributed by atoms with E-state index in [9.17, 15) is 10.1 Å². The van der Waals surface area contributed by atoms with Crippen LogP contribution in [0.4, 0.5) is 11.5 Å². The molecule has 1 saturated carbocycles. The van der Waals surface area contributed by atoms with Crippen molar-refractivity contribution < 1.29 is 4.92 Å². The van der Waals surface area contributed by atoms with Gasteiger partial charge in [0.1, 0.15) is 5.69 Å². The van der Waals surface area contributed by atoms with Gasteiger partial charge in [-0.25, -0.2) is 4.68 Å². The average molecular weight is 266 g/mol. The minimum Gasteiger partial charge on any atom is -0.362 e. The Kier molecular flexibility index (Phi) is 4.39. The number of aromatic nitrogens is 2. The van der Waals surface area contributed by atoms with E-state index in [4.69, 9.17) is 0 Å². The minimum absolute atomic E-state index is 0.162. The molecule has 0 saturated heterocycles. The quantitative estimate of drug-likeness (QED) is 0.656. The van der Waals surface area contributed by atoms with Crippen LogP contribution in [-0.2, 0) is 13.5 Å². The first kappa shape index (κ1) is 13.8. The van der Waals surface area contributed by atoms with Crippen LogP contribution in [0.25, 0.3) is 0 Å². The fourth-order valence-electron chi connectivity index (χ4n) is 2.77. The van der Waals surface area contributed by atoms with Crippen molar-refractivity contribution >= 4 is 11.5 Å². The number of aryl methyl sites for hydroxylation is 2. The summed E-state index contributed by atoms with van der Waals surface area (Å²) in [6.45, 7) is 2.01. The van der Waals surface area contributed by atoms with Crippen LogP contribution in [0.3, 0.4) is 0 Å². The molecule has 6 heteroatoms. The van der Waals surface area contributed by atoms with Gasteiger partial charge in [0.05, 0.1) is 4.92 Å². The van der Waals surface area contributed by atoms with Crippen LogP contribution in [0.2, 0.25) is 0 Å². The second kappa shape index (κ2) is 6.04. The van der Waals surface area contributed by atoms with Crippen molar-refractivity contribution in [3.8, 4) is 0 Å². The fraction of sp³-hybridized carbons (Fsp3) is 0.769. The van der Waals surface area contributed by atoms with Gasteiger partial charge in [-0.15, -0.1) is 0 Å². The lowest BCUT2D eigenvalue weighted by Crippen LogP contribution is -2.24. The van der Waals surface area contributed by atoms with Gasteiger partial charge in [0, 0.05) is 13.1 Å². The highest BCUT2D eigenvalue weighted by Gasteiger charge is 2.28. The molecule has 1 fully saturated rings. The van der Waals surface area contributed by atoms with Crippen molar-refractivity contribution in [2.45, 2.75) is 57.9 Å². The maximum Gasteiger partial charge on any atom is 0.333 e. The molecule has 1 aromatic rings. The van der Waals surface area contributed by atoms with Crippen molar-refractivity contribution in [1.82, 2.24) is 9.78 Å². The summed E-state index contributed by atoms with van der Waals surface area (Å²) in [6.07, 6.45) is 7.36. The van der Waals surface area contributed by atoms with Crippen molar-refractivity contribution in [3.05, 3.63) is 15.8 Å². The third-order valence-electron chi connectivity index (χ3n) is 3.71. The highest BCUT2D eigenvalue weighted by atomic mass is 16.6. The smallest absolute Gasteiger partial charge is 0.333 e. The fourth-order valence-corrected chi connectivity index (χ4v) is 2.77. The molecule has 6 nitrogen and oxygen atoms in total. The Morgan fingerprint density at radius 2 is 2.11 bits per heavy atom. The first-order valence-electron chi connectivity index (χ1n) is 7.10.